The molecule has 0 radical (unpaired) electrons. The van der Waals surface area contributed by atoms with Crippen molar-refractivity contribution in [2.24, 2.45) is 5.92 Å². The molecule has 0 saturated heterocycles. The fourth-order valence-corrected chi connectivity index (χ4v) is 2.37. The number of nitrogens with zero attached hydrogens (tertiary/aromatic N) is 2. The van der Waals surface area contributed by atoms with Crippen LogP contribution in [-0.2, 0) is 6.54 Å². The van der Waals surface area contributed by atoms with Gasteiger partial charge in [-0.25, -0.2) is 4.68 Å². The second kappa shape index (κ2) is 5.87. The highest BCUT2D eigenvalue weighted by atomic mass is 79.9. The normalized spacial score (nSPS) is 15.1. The van der Waals surface area contributed by atoms with E-state index in [2.05, 4.69) is 40.2 Å². The van der Waals surface area contributed by atoms with Gasteiger partial charge in [-0.15, -0.1) is 0 Å². The first kappa shape index (κ1) is 13.6. The summed E-state index contributed by atoms with van der Waals surface area (Å²) in [6.45, 7) is 5.02. The van der Waals surface area contributed by atoms with Gasteiger partial charge in [0.05, 0.1) is 11.9 Å². The van der Waals surface area contributed by atoms with Crippen molar-refractivity contribution in [2.75, 3.05) is 5.32 Å². The summed E-state index contributed by atoms with van der Waals surface area (Å²) in [5, 5.41) is 7.61. The van der Waals surface area contributed by atoms with E-state index < -0.39 is 0 Å². The Morgan fingerprint density at radius 1 is 1.50 bits per heavy atom. The summed E-state index contributed by atoms with van der Waals surface area (Å²) in [6, 6.07) is 0.391. The van der Waals surface area contributed by atoms with E-state index in [1.54, 1.807) is 10.9 Å². The zero-order valence-corrected chi connectivity index (χ0v) is 12.5. The highest BCUT2D eigenvalue weighted by molar-refractivity contribution is 9.10. The van der Waals surface area contributed by atoms with Gasteiger partial charge in [0.25, 0.3) is 5.56 Å². The molecule has 5 heteroatoms. The van der Waals surface area contributed by atoms with Crippen LogP contribution in [0.25, 0.3) is 0 Å². The van der Waals surface area contributed by atoms with Crippen molar-refractivity contribution in [1.82, 2.24) is 9.78 Å². The van der Waals surface area contributed by atoms with E-state index in [1.165, 1.54) is 12.8 Å². The highest BCUT2D eigenvalue weighted by Crippen LogP contribution is 2.30. The minimum Gasteiger partial charge on any atom is -0.380 e. The van der Waals surface area contributed by atoms with E-state index in [4.69, 9.17) is 0 Å². The molecule has 1 aromatic heterocycles. The monoisotopic (exact) mass is 313 g/mol. The molecule has 2 rings (SSSR count). The quantitative estimate of drug-likeness (QED) is 0.878. The molecule has 1 saturated carbocycles. The zero-order chi connectivity index (χ0) is 13.1. The van der Waals surface area contributed by atoms with Crippen LogP contribution in [0.2, 0.25) is 0 Å². The van der Waals surface area contributed by atoms with Crippen molar-refractivity contribution < 1.29 is 0 Å². The van der Waals surface area contributed by atoms with E-state index in [-0.39, 0.29) is 5.56 Å². The number of rotatable bonds is 6. The average Bonchev–Trinajstić information content (AvgIpc) is 3.18. The fraction of sp³-hybridized carbons (Fsp3) is 0.692. The molecule has 1 N–H and O–H groups in total. The molecule has 1 aliphatic carbocycles. The second-order valence-electron chi connectivity index (χ2n) is 4.96. The summed E-state index contributed by atoms with van der Waals surface area (Å²) in [5.41, 5.74) is 0.776. The van der Waals surface area contributed by atoms with Gasteiger partial charge in [0.1, 0.15) is 4.47 Å². The summed E-state index contributed by atoms with van der Waals surface area (Å²) in [4.78, 5) is 12.1. The standard InChI is InChI=1S/C13H20BrN3O/c1-3-10(4-2)16-11-7-15-17(8-9-5-6-9)13(18)12(11)14/h7,9-10,16H,3-6,8H2,1-2H3. The van der Waals surface area contributed by atoms with Gasteiger partial charge in [-0.1, -0.05) is 13.8 Å². The summed E-state index contributed by atoms with van der Waals surface area (Å²) < 4.78 is 2.17. The lowest BCUT2D eigenvalue weighted by Gasteiger charge is -2.17. The molecular formula is C13H20BrN3O. The minimum atomic E-state index is -0.0298. The molecule has 0 aliphatic heterocycles. The summed E-state index contributed by atoms with van der Waals surface area (Å²) in [7, 11) is 0. The lowest BCUT2D eigenvalue weighted by molar-refractivity contribution is 0.531. The van der Waals surface area contributed by atoms with Gasteiger partial charge in [-0.05, 0) is 47.5 Å². The molecule has 0 unspecified atom stereocenters. The third-order valence-corrected chi connectivity index (χ3v) is 4.22. The lowest BCUT2D eigenvalue weighted by Crippen LogP contribution is -2.27. The smallest absolute Gasteiger partial charge is 0.283 e. The molecular weight excluding hydrogens is 294 g/mol. The van der Waals surface area contributed by atoms with Crippen molar-refractivity contribution in [1.29, 1.82) is 0 Å². The van der Waals surface area contributed by atoms with Crippen LogP contribution in [0.5, 0.6) is 0 Å². The van der Waals surface area contributed by atoms with E-state index in [0.717, 1.165) is 25.1 Å². The van der Waals surface area contributed by atoms with Crippen molar-refractivity contribution in [3.63, 3.8) is 0 Å². The molecule has 1 aliphatic rings. The zero-order valence-electron chi connectivity index (χ0n) is 10.9. The maximum absolute atomic E-state index is 12.1. The molecule has 0 aromatic carbocycles. The maximum atomic E-state index is 12.1. The molecule has 0 atom stereocenters. The molecule has 1 heterocycles. The topological polar surface area (TPSA) is 46.9 Å². The van der Waals surface area contributed by atoms with Crippen molar-refractivity contribution >= 4 is 21.6 Å². The minimum absolute atomic E-state index is 0.0298. The second-order valence-corrected chi connectivity index (χ2v) is 5.75. The molecule has 4 nitrogen and oxygen atoms in total. The number of aromatic nitrogens is 2. The summed E-state index contributed by atoms with van der Waals surface area (Å²) in [6.07, 6.45) is 6.27. The first-order valence-corrected chi connectivity index (χ1v) is 7.47. The average molecular weight is 314 g/mol. The van der Waals surface area contributed by atoms with Crippen LogP contribution in [0.4, 0.5) is 5.69 Å². The van der Waals surface area contributed by atoms with Crippen LogP contribution in [0.15, 0.2) is 15.5 Å². The van der Waals surface area contributed by atoms with Crippen molar-refractivity contribution in [3.05, 3.63) is 21.0 Å². The Hall–Kier alpha value is -0.840. The third kappa shape index (κ3) is 3.13. The van der Waals surface area contributed by atoms with Gasteiger partial charge in [0.15, 0.2) is 0 Å². The van der Waals surface area contributed by atoms with Gasteiger partial charge in [0, 0.05) is 12.6 Å². The van der Waals surface area contributed by atoms with Crippen LogP contribution in [0.3, 0.4) is 0 Å². The fourth-order valence-electron chi connectivity index (χ4n) is 1.95. The van der Waals surface area contributed by atoms with Crippen LogP contribution in [0, 0.1) is 5.92 Å². The first-order chi connectivity index (χ1) is 8.65. The van der Waals surface area contributed by atoms with E-state index in [9.17, 15) is 4.79 Å². The summed E-state index contributed by atoms with van der Waals surface area (Å²) in [5.74, 6) is 0.653. The van der Waals surface area contributed by atoms with Crippen molar-refractivity contribution in [3.8, 4) is 0 Å². The molecule has 0 amide bonds. The van der Waals surface area contributed by atoms with Crippen molar-refractivity contribution in [2.45, 2.75) is 52.1 Å². The Bertz CT molecular complexity index is 464. The van der Waals surface area contributed by atoms with Crippen LogP contribution >= 0.6 is 15.9 Å². The largest absolute Gasteiger partial charge is 0.380 e. The number of halogens is 1. The lowest BCUT2D eigenvalue weighted by atomic mass is 10.1. The van der Waals surface area contributed by atoms with Crippen LogP contribution in [0.1, 0.15) is 39.5 Å². The van der Waals surface area contributed by atoms with E-state index >= 15 is 0 Å². The number of hydrogen-bond donors (Lipinski definition) is 1. The predicted octanol–water partition coefficient (Wildman–Crippen LogP) is 3.02. The SMILES string of the molecule is CCC(CC)Nc1cnn(CC2CC2)c(=O)c1Br. The third-order valence-electron chi connectivity index (χ3n) is 3.46. The molecule has 1 fully saturated rings. The Balaban J connectivity index is 2.17. The Morgan fingerprint density at radius 2 is 2.17 bits per heavy atom. The van der Waals surface area contributed by atoms with Gasteiger partial charge >= 0.3 is 0 Å². The van der Waals surface area contributed by atoms with Gasteiger partial charge in [0.2, 0.25) is 0 Å². The Morgan fingerprint density at radius 3 is 2.72 bits per heavy atom. The predicted molar refractivity (Wildman–Crippen MR) is 76.9 cm³/mol. The van der Waals surface area contributed by atoms with Gasteiger partial charge in [-0.2, -0.15) is 5.10 Å². The first-order valence-electron chi connectivity index (χ1n) is 6.67. The van der Waals surface area contributed by atoms with Crippen LogP contribution < -0.4 is 10.9 Å². The number of anilines is 1. The Kier molecular flexibility index (Phi) is 4.43. The number of nitrogens with one attached hydrogen (secondary N) is 1. The van der Waals surface area contributed by atoms with E-state index in [0.29, 0.717) is 16.4 Å². The van der Waals surface area contributed by atoms with Gasteiger partial charge in [-0.3, -0.25) is 4.79 Å². The molecule has 0 bridgehead atoms. The molecule has 18 heavy (non-hydrogen) atoms. The number of hydrogen-bond acceptors (Lipinski definition) is 3. The highest BCUT2D eigenvalue weighted by Gasteiger charge is 2.23. The summed E-state index contributed by atoms with van der Waals surface area (Å²) >= 11 is 3.39. The maximum Gasteiger partial charge on any atom is 0.283 e. The Labute approximate surface area is 116 Å². The van der Waals surface area contributed by atoms with Gasteiger partial charge < -0.3 is 5.32 Å². The molecule has 0 spiro atoms. The van der Waals surface area contributed by atoms with Crippen LogP contribution in [-0.4, -0.2) is 15.8 Å². The molecule has 1 aromatic rings. The van der Waals surface area contributed by atoms with E-state index in [1.807, 2.05) is 0 Å². The molecule has 100 valence electrons.